The fraction of sp³-hybridized carbons (Fsp3) is 0.370. The number of hydrogen-bond acceptors (Lipinski definition) is 7. The summed E-state index contributed by atoms with van der Waals surface area (Å²) in [4.78, 5) is 36.3. The van der Waals surface area contributed by atoms with E-state index in [2.05, 4.69) is 21.7 Å². The molecule has 2 aromatic carbocycles. The van der Waals surface area contributed by atoms with Crippen LogP contribution in [0.25, 0.3) is 0 Å². The second kappa shape index (κ2) is 15.2. The lowest BCUT2D eigenvalue weighted by Crippen LogP contribution is -2.16. The molecule has 0 atom stereocenters. The van der Waals surface area contributed by atoms with E-state index in [0.29, 0.717) is 23.6 Å². The number of anilines is 1. The van der Waals surface area contributed by atoms with Gasteiger partial charge in [-0.25, -0.2) is 9.59 Å². The highest BCUT2D eigenvalue weighted by Gasteiger charge is 2.18. The third-order valence-electron chi connectivity index (χ3n) is 5.08. The van der Waals surface area contributed by atoms with Crippen molar-refractivity contribution in [1.82, 2.24) is 0 Å². The molecule has 0 unspecified atom stereocenters. The lowest BCUT2D eigenvalue weighted by Gasteiger charge is -2.13. The summed E-state index contributed by atoms with van der Waals surface area (Å²) in [5.41, 5.74) is 0.727. The second-order valence-corrected chi connectivity index (χ2v) is 7.72. The molecule has 0 bridgehead atoms. The smallest absolute Gasteiger partial charge is 0.374 e. The van der Waals surface area contributed by atoms with Gasteiger partial charge in [-0.05, 0) is 42.8 Å². The third-order valence-corrected chi connectivity index (χ3v) is 5.08. The molecule has 0 spiro atoms. The Morgan fingerprint density at radius 1 is 0.857 bits per heavy atom. The predicted molar refractivity (Wildman–Crippen MR) is 132 cm³/mol. The minimum Gasteiger partial charge on any atom is -0.494 e. The van der Waals surface area contributed by atoms with Gasteiger partial charge in [0.2, 0.25) is 5.76 Å². The van der Waals surface area contributed by atoms with Gasteiger partial charge in [-0.2, -0.15) is 0 Å². The molecule has 0 aliphatic carbocycles. The number of rotatable bonds is 14. The van der Waals surface area contributed by atoms with Gasteiger partial charge < -0.3 is 24.3 Å². The summed E-state index contributed by atoms with van der Waals surface area (Å²) < 4.78 is 20.5. The van der Waals surface area contributed by atoms with Crippen LogP contribution in [0.3, 0.4) is 0 Å². The maximum atomic E-state index is 12.8. The van der Waals surface area contributed by atoms with E-state index in [0.717, 1.165) is 26.0 Å². The molecule has 0 saturated heterocycles. The van der Waals surface area contributed by atoms with E-state index in [1.54, 1.807) is 48.5 Å². The van der Waals surface area contributed by atoms with Gasteiger partial charge in [0.05, 0.1) is 32.6 Å². The SMILES string of the molecule is CCCCCCCCOc1ccc(C(=O)Nc2ccccc2O/C(=C/C(=O)OC)C(=O)OC)cc1. The van der Waals surface area contributed by atoms with Crippen LogP contribution in [0.5, 0.6) is 11.5 Å². The van der Waals surface area contributed by atoms with Crippen molar-refractivity contribution >= 4 is 23.5 Å². The Labute approximate surface area is 206 Å². The fourth-order valence-corrected chi connectivity index (χ4v) is 3.14. The zero-order chi connectivity index (χ0) is 25.5. The standard InChI is InChI=1S/C27H33NO7/c1-4-5-6-7-8-11-18-34-21-16-14-20(15-17-21)26(30)28-22-12-9-10-13-23(22)35-24(27(31)33-3)19-25(29)32-2/h9-10,12-17,19H,4-8,11,18H2,1-3H3,(H,28,30)/b24-19+. The Bertz CT molecular complexity index is 999. The number of ether oxygens (including phenoxy) is 4. The van der Waals surface area contributed by atoms with E-state index in [4.69, 9.17) is 9.47 Å². The lowest BCUT2D eigenvalue weighted by molar-refractivity contribution is -0.140. The Morgan fingerprint density at radius 3 is 2.23 bits per heavy atom. The minimum atomic E-state index is -0.868. The maximum absolute atomic E-state index is 12.8. The van der Waals surface area contributed by atoms with Crippen LogP contribution in [0.15, 0.2) is 60.4 Å². The first-order valence-corrected chi connectivity index (χ1v) is 11.7. The summed E-state index contributed by atoms with van der Waals surface area (Å²) in [5.74, 6) is -1.55. The first kappa shape index (κ1) is 27.4. The van der Waals surface area contributed by atoms with Gasteiger partial charge in [-0.15, -0.1) is 0 Å². The molecule has 8 heteroatoms. The van der Waals surface area contributed by atoms with E-state index in [-0.39, 0.29) is 17.4 Å². The van der Waals surface area contributed by atoms with Crippen LogP contribution >= 0.6 is 0 Å². The molecule has 188 valence electrons. The van der Waals surface area contributed by atoms with Crippen LogP contribution in [0.4, 0.5) is 5.69 Å². The van der Waals surface area contributed by atoms with Gasteiger partial charge in [0, 0.05) is 5.56 Å². The number of methoxy groups -OCH3 is 2. The van der Waals surface area contributed by atoms with Crippen molar-refractivity contribution in [2.24, 2.45) is 0 Å². The normalized spacial score (nSPS) is 10.9. The number of hydrogen-bond donors (Lipinski definition) is 1. The van der Waals surface area contributed by atoms with E-state index in [9.17, 15) is 14.4 Å². The van der Waals surface area contributed by atoms with Gasteiger partial charge in [0.1, 0.15) is 5.75 Å². The topological polar surface area (TPSA) is 100 Å². The highest BCUT2D eigenvalue weighted by atomic mass is 16.6. The summed E-state index contributed by atoms with van der Waals surface area (Å²) in [7, 11) is 2.33. The fourth-order valence-electron chi connectivity index (χ4n) is 3.14. The molecule has 8 nitrogen and oxygen atoms in total. The molecule has 0 saturated carbocycles. The van der Waals surface area contributed by atoms with Gasteiger partial charge in [0.15, 0.2) is 5.75 Å². The van der Waals surface area contributed by atoms with Crippen LogP contribution in [0.1, 0.15) is 55.8 Å². The van der Waals surface area contributed by atoms with Crippen LogP contribution in [-0.2, 0) is 19.1 Å². The largest absolute Gasteiger partial charge is 0.494 e. The number of carbonyl (C=O) groups is 3. The molecule has 1 amide bonds. The molecule has 35 heavy (non-hydrogen) atoms. The average molecular weight is 484 g/mol. The summed E-state index contributed by atoms with van der Waals surface area (Å²) in [6, 6.07) is 13.4. The summed E-state index contributed by atoms with van der Waals surface area (Å²) in [5, 5.41) is 2.75. The zero-order valence-electron chi connectivity index (χ0n) is 20.5. The predicted octanol–water partition coefficient (Wildman–Crippen LogP) is 5.29. The highest BCUT2D eigenvalue weighted by Crippen LogP contribution is 2.27. The molecule has 0 aliphatic rings. The molecule has 2 aromatic rings. The lowest BCUT2D eigenvalue weighted by atomic mass is 10.1. The van der Waals surface area contributed by atoms with Crippen molar-refractivity contribution in [2.45, 2.75) is 45.4 Å². The summed E-state index contributed by atoms with van der Waals surface area (Å²) >= 11 is 0. The van der Waals surface area contributed by atoms with Crippen molar-refractivity contribution in [3.8, 4) is 11.5 Å². The van der Waals surface area contributed by atoms with Crippen molar-refractivity contribution in [1.29, 1.82) is 0 Å². The van der Waals surface area contributed by atoms with Crippen LogP contribution < -0.4 is 14.8 Å². The molecular formula is C27H33NO7. The van der Waals surface area contributed by atoms with Crippen LogP contribution in [-0.4, -0.2) is 38.7 Å². The summed E-state index contributed by atoms with van der Waals surface area (Å²) in [6.45, 7) is 2.84. The first-order valence-electron chi connectivity index (χ1n) is 11.7. The Hall–Kier alpha value is -3.81. The molecule has 0 aromatic heterocycles. The van der Waals surface area contributed by atoms with Crippen molar-refractivity contribution in [3.63, 3.8) is 0 Å². The Morgan fingerprint density at radius 2 is 1.54 bits per heavy atom. The third kappa shape index (κ3) is 9.52. The van der Waals surface area contributed by atoms with Crippen molar-refractivity contribution in [3.05, 3.63) is 65.9 Å². The molecule has 0 aliphatic heterocycles. The number of esters is 2. The van der Waals surface area contributed by atoms with Crippen LogP contribution in [0, 0.1) is 0 Å². The molecular weight excluding hydrogens is 450 g/mol. The molecule has 1 N–H and O–H groups in total. The maximum Gasteiger partial charge on any atom is 0.374 e. The molecule has 0 fully saturated rings. The van der Waals surface area contributed by atoms with Gasteiger partial charge >= 0.3 is 11.9 Å². The second-order valence-electron chi connectivity index (χ2n) is 7.72. The highest BCUT2D eigenvalue weighted by molar-refractivity contribution is 6.05. The number of nitrogens with one attached hydrogen (secondary N) is 1. The monoisotopic (exact) mass is 483 g/mol. The Kier molecular flexibility index (Phi) is 11.9. The van der Waals surface area contributed by atoms with E-state index < -0.39 is 11.9 Å². The molecule has 2 rings (SSSR count). The number of unbranched alkanes of at least 4 members (excludes halogenated alkanes) is 5. The van der Waals surface area contributed by atoms with E-state index >= 15 is 0 Å². The summed E-state index contributed by atoms with van der Waals surface area (Å²) in [6.07, 6.45) is 8.01. The van der Waals surface area contributed by atoms with Crippen LogP contribution in [0.2, 0.25) is 0 Å². The quantitative estimate of drug-likeness (QED) is 0.169. The molecule has 0 heterocycles. The van der Waals surface area contributed by atoms with E-state index in [1.807, 2.05) is 0 Å². The average Bonchev–Trinajstić information content (AvgIpc) is 2.88. The van der Waals surface area contributed by atoms with Gasteiger partial charge in [0.25, 0.3) is 5.91 Å². The van der Waals surface area contributed by atoms with Gasteiger partial charge in [-0.1, -0.05) is 51.2 Å². The van der Waals surface area contributed by atoms with Gasteiger partial charge in [-0.3, -0.25) is 4.79 Å². The first-order chi connectivity index (χ1) is 17.0. The van der Waals surface area contributed by atoms with E-state index in [1.165, 1.54) is 32.8 Å². The zero-order valence-corrected chi connectivity index (χ0v) is 20.5. The minimum absolute atomic E-state index is 0.153. The number of para-hydroxylation sites is 2. The van der Waals surface area contributed by atoms with Crippen molar-refractivity contribution < 1.29 is 33.3 Å². The van der Waals surface area contributed by atoms with Crippen molar-refractivity contribution in [2.75, 3.05) is 26.1 Å². The number of carbonyl (C=O) groups excluding carboxylic acids is 3. The Balaban J connectivity index is 1.99. The number of amides is 1. The number of benzene rings is 2. The molecule has 0 radical (unpaired) electrons.